The van der Waals surface area contributed by atoms with Crippen molar-refractivity contribution in [3.05, 3.63) is 87.4 Å². The topological polar surface area (TPSA) is 67.8 Å². The number of ether oxygens (including phenoxy) is 1. The van der Waals surface area contributed by atoms with E-state index in [9.17, 15) is 8.42 Å². The van der Waals surface area contributed by atoms with E-state index in [-0.39, 0.29) is 10.7 Å². The predicted molar refractivity (Wildman–Crippen MR) is 114 cm³/mol. The van der Waals surface area contributed by atoms with Gasteiger partial charge in [0.25, 0.3) is 10.0 Å². The van der Waals surface area contributed by atoms with Gasteiger partial charge in [-0.05, 0) is 64.0 Å². The number of anilines is 1. The molecule has 0 aromatic heterocycles. The van der Waals surface area contributed by atoms with Gasteiger partial charge >= 0.3 is 0 Å². The zero-order chi connectivity index (χ0) is 19.7. The first-order valence-corrected chi connectivity index (χ1v) is 10.9. The van der Waals surface area contributed by atoms with Gasteiger partial charge in [0, 0.05) is 10.6 Å². The Balaban J connectivity index is 1.58. The minimum Gasteiger partial charge on any atom is -0.488 e. The molecule has 28 heavy (non-hydrogen) atoms. The number of nitrogens with zero attached hydrogens (tertiary/aromatic N) is 1. The molecule has 0 aliphatic carbocycles. The molecule has 1 N–H and O–H groups in total. The van der Waals surface area contributed by atoms with Gasteiger partial charge < -0.3 is 10.1 Å². The first-order chi connectivity index (χ1) is 13.4. The first-order valence-electron chi connectivity index (χ1n) is 8.30. The highest BCUT2D eigenvalue weighted by atomic mass is 79.9. The molecule has 1 heterocycles. The fourth-order valence-electron chi connectivity index (χ4n) is 2.79. The molecule has 0 saturated carbocycles. The Labute approximate surface area is 176 Å². The molecule has 4 rings (SSSR count). The molecule has 0 unspecified atom stereocenters. The van der Waals surface area contributed by atoms with Gasteiger partial charge in [0.2, 0.25) is 0 Å². The molecule has 8 heteroatoms. The second kappa shape index (κ2) is 7.58. The number of sulfonamides is 1. The van der Waals surface area contributed by atoms with Crippen molar-refractivity contribution in [1.82, 2.24) is 0 Å². The Kier molecular flexibility index (Phi) is 5.14. The molecule has 0 saturated heterocycles. The highest BCUT2D eigenvalue weighted by Gasteiger charge is 2.25. The molecule has 0 spiro atoms. The second-order valence-corrected chi connectivity index (χ2v) is 8.96. The number of hydrogen-bond donors (Lipinski definition) is 1. The van der Waals surface area contributed by atoms with Gasteiger partial charge in [-0.15, -0.1) is 4.40 Å². The van der Waals surface area contributed by atoms with E-state index in [2.05, 4.69) is 25.6 Å². The molecule has 0 radical (unpaired) electrons. The van der Waals surface area contributed by atoms with Crippen LogP contribution in [-0.2, 0) is 16.6 Å². The summed E-state index contributed by atoms with van der Waals surface area (Å²) in [6.45, 7) is 0.361. The van der Waals surface area contributed by atoms with Gasteiger partial charge in [-0.2, -0.15) is 8.42 Å². The average Bonchev–Trinajstić information content (AvgIpc) is 2.66. The molecule has 1 aliphatic heterocycles. The van der Waals surface area contributed by atoms with Crippen LogP contribution in [-0.4, -0.2) is 14.3 Å². The maximum Gasteiger partial charge on any atom is 0.286 e. The van der Waals surface area contributed by atoms with Crippen molar-refractivity contribution in [1.29, 1.82) is 0 Å². The number of para-hydroxylation sites is 1. The number of benzene rings is 3. The Morgan fingerprint density at radius 1 is 1.04 bits per heavy atom. The van der Waals surface area contributed by atoms with Gasteiger partial charge in [-0.3, -0.25) is 0 Å². The molecule has 3 aromatic carbocycles. The molecule has 5 nitrogen and oxygen atoms in total. The normalized spacial score (nSPS) is 14.6. The number of nitrogens with one attached hydrogen (secondary N) is 1. The molecule has 0 amide bonds. The molecule has 0 bridgehead atoms. The lowest BCUT2D eigenvalue weighted by Gasteiger charge is -2.18. The summed E-state index contributed by atoms with van der Waals surface area (Å²) in [5.74, 6) is 0.893. The lowest BCUT2D eigenvalue weighted by Crippen LogP contribution is -2.22. The van der Waals surface area contributed by atoms with E-state index in [4.69, 9.17) is 16.3 Å². The van der Waals surface area contributed by atoms with Gasteiger partial charge in [0.1, 0.15) is 17.3 Å². The summed E-state index contributed by atoms with van der Waals surface area (Å²) in [6.07, 6.45) is 0. The summed E-state index contributed by atoms with van der Waals surface area (Å²) in [5, 5.41) is 3.73. The van der Waals surface area contributed by atoms with Crippen LogP contribution in [0.3, 0.4) is 0 Å². The quantitative estimate of drug-likeness (QED) is 0.558. The summed E-state index contributed by atoms with van der Waals surface area (Å²) in [7, 11) is -3.75. The van der Waals surface area contributed by atoms with Crippen LogP contribution in [0.15, 0.2) is 80.5 Å². The van der Waals surface area contributed by atoms with E-state index < -0.39 is 10.0 Å². The Morgan fingerprint density at radius 3 is 2.64 bits per heavy atom. The molecule has 0 fully saturated rings. The predicted octanol–water partition coefficient (Wildman–Crippen LogP) is 5.24. The fourth-order valence-corrected chi connectivity index (χ4v) is 4.64. The Hall–Kier alpha value is -2.35. The number of rotatable bonds is 4. The SMILES string of the molecule is O=S1(=O)N=C(c2ccc(OCc3cccc(Cl)c3)c(Br)c2)Nc2ccccc21. The molecular weight excluding hydrogens is 464 g/mol. The van der Waals surface area contributed by atoms with Crippen molar-refractivity contribution in [2.45, 2.75) is 11.5 Å². The zero-order valence-electron chi connectivity index (χ0n) is 14.4. The summed E-state index contributed by atoms with van der Waals surface area (Å²) in [4.78, 5) is 0.166. The van der Waals surface area contributed by atoms with E-state index in [1.807, 2.05) is 18.2 Å². The van der Waals surface area contributed by atoms with Gasteiger partial charge in [0.15, 0.2) is 5.84 Å². The van der Waals surface area contributed by atoms with Crippen LogP contribution in [0, 0.1) is 0 Å². The first kappa shape index (κ1) is 19.0. The van der Waals surface area contributed by atoms with Crippen LogP contribution in [0.4, 0.5) is 5.69 Å². The lowest BCUT2D eigenvalue weighted by molar-refractivity contribution is 0.304. The average molecular weight is 478 g/mol. The number of halogens is 2. The number of fused-ring (bicyclic) bond motifs is 1. The number of hydrogen-bond acceptors (Lipinski definition) is 4. The highest BCUT2D eigenvalue weighted by molar-refractivity contribution is 9.10. The van der Waals surface area contributed by atoms with Crippen LogP contribution in [0.5, 0.6) is 5.75 Å². The van der Waals surface area contributed by atoms with E-state index in [1.54, 1.807) is 42.5 Å². The van der Waals surface area contributed by atoms with Crippen molar-refractivity contribution in [3.8, 4) is 5.75 Å². The van der Waals surface area contributed by atoms with Crippen LogP contribution in [0.2, 0.25) is 5.02 Å². The minimum absolute atomic E-state index is 0.166. The van der Waals surface area contributed by atoms with Crippen LogP contribution in [0.25, 0.3) is 0 Å². The third kappa shape index (κ3) is 3.92. The van der Waals surface area contributed by atoms with E-state index in [0.717, 1.165) is 5.56 Å². The maximum atomic E-state index is 12.4. The summed E-state index contributed by atoms with van der Waals surface area (Å²) >= 11 is 9.47. The van der Waals surface area contributed by atoms with Crippen molar-refractivity contribution >= 4 is 49.1 Å². The standard InChI is InChI=1S/C20H14BrClN2O3S/c21-16-11-14(8-9-18(16)27-12-13-4-3-5-15(22)10-13)20-23-17-6-1-2-7-19(17)28(25,26)24-20/h1-11H,12H2,(H,23,24). The fraction of sp³-hybridized carbons (Fsp3) is 0.0500. The van der Waals surface area contributed by atoms with Crippen molar-refractivity contribution in [2.24, 2.45) is 4.40 Å². The van der Waals surface area contributed by atoms with Crippen molar-refractivity contribution in [3.63, 3.8) is 0 Å². The second-order valence-electron chi connectivity index (χ2n) is 6.10. The molecular formula is C20H14BrClN2O3S. The van der Waals surface area contributed by atoms with Crippen LogP contribution in [0.1, 0.15) is 11.1 Å². The minimum atomic E-state index is -3.75. The molecule has 142 valence electrons. The zero-order valence-corrected chi connectivity index (χ0v) is 17.6. The van der Waals surface area contributed by atoms with E-state index >= 15 is 0 Å². The van der Waals surface area contributed by atoms with E-state index in [1.165, 1.54) is 6.07 Å². The Bertz CT molecular complexity index is 1200. The smallest absolute Gasteiger partial charge is 0.286 e. The third-order valence-corrected chi connectivity index (χ3v) is 6.31. The summed E-state index contributed by atoms with van der Waals surface area (Å²) in [6, 6.07) is 19.4. The maximum absolute atomic E-state index is 12.4. The monoisotopic (exact) mass is 476 g/mol. The molecule has 1 aliphatic rings. The van der Waals surface area contributed by atoms with Gasteiger partial charge in [-0.25, -0.2) is 0 Å². The van der Waals surface area contributed by atoms with Gasteiger partial charge in [0.05, 0.1) is 10.2 Å². The summed E-state index contributed by atoms with van der Waals surface area (Å²) < 4.78 is 35.3. The third-order valence-electron chi connectivity index (χ3n) is 4.12. The lowest BCUT2D eigenvalue weighted by atomic mass is 10.2. The largest absolute Gasteiger partial charge is 0.488 e. The molecule has 3 aromatic rings. The Morgan fingerprint density at radius 2 is 1.86 bits per heavy atom. The van der Waals surface area contributed by atoms with Crippen LogP contribution < -0.4 is 10.1 Å². The van der Waals surface area contributed by atoms with E-state index in [0.29, 0.717) is 33.1 Å². The van der Waals surface area contributed by atoms with Crippen molar-refractivity contribution in [2.75, 3.05) is 5.32 Å². The van der Waals surface area contributed by atoms with Crippen LogP contribution >= 0.6 is 27.5 Å². The number of amidine groups is 1. The van der Waals surface area contributed by atoms with Crippen molar-refractivity contribution < 1.29 is 13.2 Å². The highest BCUT2D eigenvalue weighted by Crippen LogP contribution is 2.31. The van der Waals surface area contributed by atoms with Gasteiger partial charge in [-0.1, -0.05) is 35.9 Å². The molecule has 0 atom stereocenters. The summed E-state index contributed by atoms with van der Waals surface area (Å²) in [5.41, 5.74) is 2.08.